The van der Waals surface area contributed by atoms with Crippen LogP contribution in [-0.4, -0.2) is 44.3 Å². The van der Waals surface area contributed by atoms with E-state index in [2.05, 4.69) is 45.2 Å². The summed E-state index contributed by atoms with van der Waals surface area (Å²) in [4.78, 5) is 2.20. The molecule has 0 spiro atoms. The van der Waals surface area contributed by atoms with Crippen molar-refractivity contribution in [3.8, 4) is 0 Å². The zero-order chi connectivity index (χ0) is 12.1. The molecule has 0 heterocycles. The van der Waals surface area contributed by atoms with Crippen LogP contribution in [-0.2, 0) is 4.74 Å². The van der Waals surface area contributed by atoms with Crippen molar-refractivity contribution >= 4 is 0 Å². The van der Waals surface area contributed by atoms with E-state index in [0.29, 0.717) is 5.92 Å². The third-order valence-corrected chi connectivity index (χ3v) is 3.44. The van der Waals surface area contributed by atoms with Crippen LogP contribution in [0.3, 0.4) is 0 Å². The van der Waals surface area contributed by atoms with Crippen molar-refractivity contribution in [3.05, 3.63) is 0 Å². The van der Waals surface area contributed by atoms with Crippen LogP contribution in [0.2, 0.25) is 0 Å². The van der Waals surface area contributed by atoms with Gasteiger partial charge in [0.2, 0.25) is 0 Å². The molecule has 15 heavy (non-hydrogen) atoms. The van der Waals surface area contributed by atoms with Gasteiger partial charge in [0.05, 0.1) is 0 Å². The van der Waals surface area contributed by atoms with Crippen LogP contribution in [0.5, 0.6) is 0 Å². The molecule has 3 N–H and O–H groups in total. The van der Waals surface area contributed by atoms with Gasteiger partial charge in [-0.25, -0.2) is 0 Å². The molecular weight excluding hydrogens is 190 g/mol. The van der Waals surface area contributed by atoms with E-state index in [0.717, 1.165) is 13.0 Å². The van der Waals surface area contributed by atoms with Crippen LogP contribution >= 0.6 is 0 Å². The lowest BCUT2D eigenvalue weighted by Crippen LogP contribution is -2.60. The number of hydrogen-bond acceptors (Lipinski definition) is 4. The maximum absolute atomic E-state index is 5.65. The van der Waals surface area contributed by atoms with E-state index in [1.165, 1.54) is 0 Å². The smallest absolute Gasteiger partial charge is 0.0465 e. The lowest BCUT2D eigenvalue weighted by molar-refractivity contribution is 0.0895. The summed E-state index contributed by atoms with van der Waals surface area (Å²) in [7, 11) is 5.88. The molecule has 2 unspecified atom stereocenters. The van der Waals surface area contributed by atoms with Gasteiger partial charge in [-0.3, -0.25) is 11.3 Å². The molecule has 0 fully saturated rings. The number of rotatable bonds is 7. The van der Waals surface area contributed by atoms with Crippen molar-refractivity contribution in [3.63, 3.8) is 0 Å². The molecule has 0 aliphatic carbocycles. The quantitative estimate of drug-likeness (QED) is 0.490. The van der Waals surface area contributed by atoms with Gasteiger partial charge in [-0.2, -0.15) is 0 Å². The van der Waals surface area contributed by atoms with Crippen molar-refractivity contribution < 1.29 is 4.74 Å². The molecule has 0 saturated heterocycles. The van der Waals surface area contributed by atoms with E-state index in [-0.39, 0.29) is 11.6 Å². The van der Waals surface area contributed by atoms with Crippen molar-refractivity contribution in [2.45, 2.75) is 38.8 Å². The summed E-state index contributed by atoms with van der Waals surface area (Å²) >= 11 is 0. The van der Waals surface area contributed by atoms with E-state index in [9.17, 15) is 0 Å². The predicted molar refractivity (Wildman–Crippen MR) is 64.5 cm³/mol. The van der Waals surface area contributed by atoms with Crippen molar-refractivity contribution in [1.82, 2.24) is 10.3 Å². The molecule has 0 aromatic heterocycles. The SMILES string of the molecule is COCCC(C)C(NN)C(C)(C)N(C)C. The molecule has 0 amide bonds. The maximum Gasteiger partial charge on any atom is 0.0465 e. The zero-order valence-electron chi connectivity index (χ0n) is 11.0. The highest BCUT2D eigenvalue weighted by atomic mass is 16.5. The Morgan fingerprint density at radius 2 is 1.93 bits per heavy atom. The molecule has 0 rings (SSSR count). The van der Waals surface area contributed by atoms with Crippen LogP contribution in [0, 0.1) is 5.92 Å². The first-order chi connectivity index (χ1) is 6.87. The number of hydrazine groups is 1. The average Bonchev–Trinajstić information content (AvgIpc) is 2.15. The van der Waals surface area contributed by atoms with E-state index in [4.69, 9.17) is 10.6 Å². The first-order valence-corrected chi connectivity index (χ1v) is 5.50. The van der Waals surface area contributed by atoms with Gasteiger partial charge in [-0.1, -0.05) is 6.92 Å². The number of methoxy groups -OCH3 is 1. The van der Waals surface area contributed by atoms with Crippen molar-refractivity contribution in [2.24, 2.45) is 11.8 Å². The lowest BCUT2D eigenvalue weighted by atomic mass is 9.83. The number of hydrogen-bond donors (Lipinski definition) is 2. The van der Waals surface area contributed by atoms with Crippen LogP contribution in [0.4, 0.5) is 0 Å². The van der Waals surface area contributed by atoms with Gasteiger partial charge in [-0.15, -0.1) is 0 Å². The number of nitrogens with zero attached hydrogens (tertiary/aromatic N) is 1. The summed E-state index contributed by atoms with van der Waals surface area (Å²) in [6.07, 6.45) is 1.02. The minimum absolute atomic E-state index is 0.0297. The first kappa shape index (κ1) is 14.8. The second kappa shape index (κ2) is 6.43. The fraction of sp³-hybridized carbons (Fsp3) is 1.00. The Kier molecular flexibility index (Phi) is 6.36. The molecule has 4 heteroatoms. The van der Waals surface area contributed by atoms with Gasteiger partial charge >= 0.3 is 0 Å². The number of likely N-dealkylation sites (N-methyl/N-ethyl adjacent to an activating group) is 1. The molecule has 0 radical (unpaired) electrons. The third kappa shape index (κ3) is 4.07. The molecular formula is C11H27N3O. The summed E-state index contributed by atoms with van der Waals surface area (Å²) in [5.74, 6) is 6.13. The summed E-state index contributed by atoms with van der Waals surface area (Å²) in [6.45, 7) is 7.37. The Morgan fingerprint density at radius 3 is 2.27 bits per heavy atom. The third-order valence-electron chi connectivity index (χ3n) is 3.44. The highest BCUT2D eigenvalue weighted by Gasteiger charge is 2.34. The fourth-order valence-electron chi connectivity index (χ4n) is 1.81. The van der Waals surface area contributed by atoms with Gasteiger partial charge < -0.3 is 9.64 Å². The van der Waals surface area contributed by atoms with Gasteiger partial charge in [0.25, 0.3) is 0 Å². The standard InChI is InChI=1S/C11H27N3O/c1-9(7-8-15-6)10(13-12)11(2,3)14(4)5/h9-10,13H,7-8,12H2,1-6H3. The maximum atomic E-state index is 5.65. The minimum atomic E-state index is 0.0297. The topological polar surface area (TPSA) is 50.5 Å². The lowest BCUT2D eigenvalue weighted by Gasteiger charge is -2.42. The molecule has 92 valence electrons. The van der Waals surface area contributed by atoms with E-state index >= 15 is 0 Å². The Morgan fingerprint density at radius 1 is 1.40 bits per heavy atom. The van der Waals surface area contributed by atoms with E-state index in [1.54, 1.807) is 7.11 Å². The van der Waals surface area contributed by atoms with Crippen LogP contribution in [0.1, 0.15) is 27.2 Å². The highest BCUT2D eigenvalue weighted by Crippen LogP contribution is 2.23. The Balaban J connectivity index is 4.45. The second-order valence-corrected chi connectivity index (χ2v) is 4.95. The Labute approximate surface area is 94.1 Å². The summed E-state index contributed by atoms with van der Waals surface area (Å²) < 4.78 is 5.10. The fourth-order valence-corrected chi connectivity index (χ4v) is 1.81. The Bertz CT molecular complexity index is 171. The number of nitrogens with two attached hydrogens (primary N) is 1. The van der Waals surface area contributed by atoms with Crippen molar-refractivity contribution in [2.75, 3.05) is 27.8 Å². The molecule has 2 atom stereocenters. The monoisotopic (exact) mass is 217 g/mol. The molecule has 0 aromatic rings. The van der Waals surface area contributed by atoms with Crippen LogP contribution in [0.15, 0.2) is 0 Å². The highest BCUT2D eigenvalue weighted by molar-refractivity contribution is 4.92. The number of nitrogens with one attached hydrogen (secondary N) is 1. The predicted octanol–water partition coefficient (Wildman–Crippen LogP) is 0.831. The molecule has 4 nitrogen and oxygen atoms in total. The van der Waals surface area contributed by atoms with Crippen LogP contribution < -0.4 is 11.3 Å². The summed E-state index contributed by atoms with van der Waals surface area (Å²) in [5, 5.41) is 0. The normalized spacial score (nSPS) is 16.8. The molecule has 0 bridgehead atoms. The average molecular weight is 217 g/mol. The van der Waals surface area contributed by atoms with Crippen molar-refractivity contribution in [1.29, 1.82) is 0 Å². The van der Waals surface area contributed by atoms with Gasteiger partial charge in [-0.05, 0) is 40.3 Å². The molecule has 0 aromatic carbocycles. The van der Waals surface area contributed by atoms with Gasteiger partial charge in [0.1, 0.15) is 0 Å². The molecule has 0 aliphatic rings. The molecule has 0 aliphatic heterocycles. The van der Waals surface area contributed by atoms with Crippen LogP contribution in [0.25, 0.3) is 0 Å². The van der Waals surface area contributed by atoms with E-state index < -0.39 is 0 Å². The first-order valence-electron chi connectivity index (χ1n) is 5.50. The molecule has 0 saturated carbocycles. The Hall–Kier alpha value is -0.160. The minimum Gasteiger partial charge on any atom is -0.385 e. The summed E-state index contributed by atoms with van der Waals surface area (Å²) in [6, 6.07) is 0.252. The van der Waals surface area contributed by atoms with Gasteiger partial charge in [0, 0.05) is 25.3 Å². The number of ether oxygens (including phenoxy) is 1. The van der Waals surface area contributed by atoms with E-state index in [1.807, 2.05) is 0 Å². The summed E-state index contributed by atoms with van der Waals surface area (Å²) in [5.41, 5.74) is 2.96. The largest absolute Gasteiger partial charge is 0.385 e. The van der Waals surface area contributed by atoms with Gasteiger partial charge in [0.15, 0.2) is 0 Å². The second-order valence-electron chi connectivity index (χ2n) is 4.95. The zero-order valence-corrected chi connectivity index (χ0v) is 11.0.